The molecule has 334 valence electrons. The number of unbranched alkanes of at least 4 members (excludes halogenated alkanes) is 9. The van der Waals surface area contributed by atoms with Gasteiger partial charge in [-0.1, -0.05) is 97.8 Å². The molecule has 6 atom stereocenters. The van der Waals surface area contributed by atoms with Crippen LogP contribution in [0.25, 0.3) is 0 Å². The minimum Gasteiger partial charge on any atom is -0.376 e. The molecule has 0 aliphatic rings. The minimum atomic E-state index is -4.38. The maximum atomic E-state index is 11.9. The second-order valence-corrected chi connectivity index (χ2v) is 17.2. The molecule has 0 bridgehead atoms. The van der Waals surface area contributed by atoms with Crippen LogP contribution in [0.2, 0.25) is 0 Å². The Bertz CT molecular complexity index is 872. The summed E-state index contributed by atoms with van der Waals surface area (Å²) >= 11 is 0. The Labute approximate surface area is 335 Å². The first kappa shape index (κ1) is 57.1. The SMILES string of the molecule is CCCCCCC(C)OC(C)COCCOP(=O)(O)O.CCCCCCC(C)OC(C)COCCOP(=O)(O)OCCOCC(C)OC(C)CCCCCC. The van der Waals surface area contributed by atoms with Crippen molar-refractivity contribution in [2.75, 3.05) is 59.5 Å². The van der Waals surface area contributed by atoms with Crippen molar-refractivity contribution < 1.29 is 65.8 Å². The van der Waals surface area contributed by atoms with Gasteiger partial charge in [-0.05, 0) is 60.8 Å². The van der Waals surface area contributed by atoms with Gasteiger partial charge in [-0.2, -0.15) is 0 Å². The molecule has 0 heterocycles. The number of ether oxygens (including phenoxy) is 6. The third-order valence-electron chi connectivity index (χ3n) is 8.30. The van der Waals surface area contributed by atoms with Crippen LogP contribution in [0.3, 0.4) is 0 Å². The van der Waals surface area contributed by atoms with E-state index in [9.17, 15) is 14.0 Å². The molecule has 3 N–H and O–H groups in total. The summed E-state index contributed by atoms with van der Waals surface area (Å²) in [5, 5.41) is 0. The zero-order chi connectivity index (χ0) is 41.8. The molecular weight excluding hydrogens is 754 g/mol. The van der Waals surface area contributed by atoms with Gasteiger partial charge in [0.25, 0.3) is 0 Å². The van der Waals surface area contributed by atoms with E-state index < -0.39 is 15.6 Å². The number of rotatable bonds is 39. The van der Waals surface area contributed by atoms with Crippen molar-refractivity contribution in [1.82, 2.24) is 0 Å². The van der Waals surface area contributed by atoms with E-state index in [1.54, 1.807) is 0 Å². The second-order valence-electron chi connectivity index (χ2n) is 14.5. The summed E-state index contributed by atoms with van der Waals surface area (Å²) in [6.45, 7) is 20.2. The molecule has 0 rings (SSSR count). The van der Waals surface area contributed by atoms with Crippen LogP contribution in [0.15, 0.2) is 0 Å². The fourth-order valence-corrected chi connectivity index (χ4v) is 6.51. The quantitative estimate of drug-likeness (QED) is 0.0394. The molecule has 6 unspecified atom stereocenters. The van der Waals surface area contributed by atoms with Crippen LogP contribution in [0.5, 0.6) is 0 Å². The zero-order valence-corrected chi connectivity index (χ0v) is 38.0. The summed E-state index contributed by atoms with van der Waals surface area (Å²) in [6.07, 6.45) is 18.4. The molecule has 0 radical (unpaired) electrons. The van der Waals surface area contributed by atoms with E-state index in [2.05, 4.69) is 46.1 Å². The zero-order valence-electron chi connectivity index (χ0n) is 36.2. The summed E-state index contributed by atoms with van der Waals surface area (Å²) < 4.78 is 70.3. The van der Waals surface area contributed by atoms with Gasteiger partial charge >= 0.3 is 15.6 Å². The number of hydrogen-bond donors (Lipinski definition) is 3. The summed E-state index contributed by atoms with van der Waals surface area (Å²) in [5.41, 5.74) is 0. The van der Waals surface area contributed by atoms with Crippen LogP contribution in [0.1, 0.15) is 159 Å². The van der Waals surface area contributed by atoms with Gasteiger partial charge in [0, 0.05) is 0 Å². The van der Waals surface area contributed by atoms with Crippen LogP contribution in [-0.2, 0) is 51.1 Å². The van der Waals surface area contributed by atoms with Crippen LogP contribution >= 0.6 is 15.6 Å². The van der Waals surface area contributed by atoms with Crippen molar-refractivity contribution in [2.45, 2.75) is 195 Å². The fraction of sp³-hybridized carbons (Fsp3) is 1.00. The smallest absolute Gasteiger partial charge is 0.376 e. The van der Waals surface area contributed by atoms with E-state index in [0.29, 0.717) is 19.8 Å². The highest BCUT2D eigenvalue weighted by Crippen LogP contribution is 2.42. The predicted octanol–water partition coefficient (Wildman–Crippen LogP) is 9.56. The Morgan fingerprint density at radius 1 is 0.400 bits per heavy atom. The standard InChI is InChI=1S/C26H55O8P.C13H29O6P/c1-7-9-11-13-15-23(3)33-25(5)21-29-17-19-31-35(27,28)32-20-18-30-22-26(6)34-24(4)16-14-12-10-8-2;1-4-5-6-7-8-12(2)19-13(3)11-17-9-10-18-20(14,15)16/h23-26H,7-22H2,1-6H3,(H,27,28);12-13H,4-11H2,1-3H3,(H2,14,15,16). The second kappa shape index (κ2) is 38.2. The van der Waals surface area contributed by atoms with Crippen LogP contribution in [0.4, 0.5) is 0 Å². The van der Waals surface area contributed by atoms with Gasteiger partial charge in [0.15, 0.2) is 0 Å². The third kappa shape index (κ3) is 44.9. The van der Waals surface area contributed by atoms with Gasteiger partial charge in [0.2, 0.25) is 0 Å². The van der Waals surface area contributed by atoms with Gasteiger partial charge in [0.05, 0.1) is 96.1 Å². The Balaban J connectivity index is 0. The lowest BCUT2D eigenvalue weighted by Gasteiger charge is -2.20. The summed E-state index contributed by atoms with van der Waals surface area (Å²) in [4.78, 5) is 26.7. The van der Waals surface area contributed by atoms with Crippen LogP contribution in [0, 0.1) is 0 Å². The van der Waals surface area contributed by atoms with Gasteiger partial charge in [-0.15, -0.1) is 0 Å². The lowest BCUT2D eigenvalue weighted by atomic mass is 10.1. The van der Waals surface area contributed by atoms with Crippen molar-refractivity contribution in [3.63, 3.8) is 0 Å². The van der Waals surface area contributed by atoms with Crippen molar-refractivity contribution in [3.8, 4) is 0 Å². The number of phosphoric ester groups is 2. The van der Waals surface area contributed by atoms with E-state index >= 15 is 0 Å². The largest absolute Gasteiger partial charge is 0.472 e. The molecule has 0 aromatic carbocycles. The van der Waals surface area contributed by atoms with Crippen LogP contribution in [-0.4, -0.2) is 111 Å². The number of hydrogen-bond acceptors (Lipinski definition) is 11. The summed E-state index contributed by atoms with van der Waals surface area (Å²) in [6, 6.07) is 0. The Morgan fingerprint density at radius 2 is 0.691 bits per heavy atom. The fourth-order valence-electron chi connectivity index (χ4n) is 5.51. The maximum absolute atomic E-state index is 11.9. The maximum Gasteiger partial charge on any atom is 0.472 e. The van der Waals surface area contributed by atoms with E-state index in [0.717, 1.165) is 19.3 Å². The first-order valence-electron chi connectivity index (χ1n) is 21.1. The monoisotopic (exact) mass is 839 g/mol. The molecule has 55 heavy (non-hydrogen) atoms. The molecule has 16 heteroatoms. The van der Waals surface area contributed by atoms with E-state index in [1.165, 1.54) is 77.0 Å². The van der Waals surface area contributed by atoms with Crippen molar-refractivity contribution in [2.24, 2.45) is 0 Å². The first-order valence-corrected chi connectivity index (χ1v) is 24.1. The highest BCUT2D eigenvalue weighted by molar-refractivity contribution is 7.47. The molecule has 0 aliphatic heterocycles. The molecule has 0 saturated carbocycles. The highest BCUT2D eigenvalue weighted by atomic mass is 31.2. The van der Waals surface area contributed by atoms with Gasteiger partial charge in [0.1, 0.15) is 0 Å². The Kier molecular flexibility index (Phi) is 39.6. The minimum absolute atomic E-state index is 0.0328. The summed E-state index contributed by atoms with van der Waals surface area (Å²) in [5.74, 6) is 0. The van der Waals surface area contributed by atoms with E-state index in [1.807, 2.05) is 20.8 Å². The molecule has 0 aromatic rings. The molecule has 0 amide bonds. The van der Waals surface area contributed by atoms with Crippen molar-refractivity contribution >= 4 is 15.6 Å². The predicted molar refractivity (Wildman–Crippen MR) is 218 cm³/mol. The average molecular weight is 839 g/mol. The van der Waals surface area contributed by atoms with Crippen molar-refractivity contribution in [3.05, 3.63) is 0 Å². The van der Waals surface area contributed by atoms with E-state index in [4.69, 9.17) is 47.3 Å². The summed E-state index contributed by atoms with van der Waals surface area (Å²) in [7, 11) is -8.51. The lowest BCUT2D eigenvalue weighted by Crippen LogP contribution is -2.23. The van der Waals surface area contributed by atoms with Crippen molar-refractivity contribution in [1.29, 1.82) is 0 Å². The van der Waals surface area contributed by atoms with Gasteiger partial charge in [-0.3, -0.25) is 13.6 Å². The first-order chi connectivity index (χ1) is 26.0. The molecule has 0 fully saturated rings. The van der Waals surface area contributed by atoms with E-state index in [-0.39, 0.29) is 76.3 Å². The highest BCUT2D eigenvalue weighted by Gasteiger charge is 2.21. The molecule has 14 nitrogen and oxygen atoms in total. The average Bonchev–Trinajstić information content (AvgIpc) is 3.09. The lowest BCUT2D eigenvalue weighted by molar-refractivity contribution is -0.0516. The molecular formula is C39H84O14P2. The molecule has 0 aliphatic carbocycles. The van der Waals surface area contributed by atoms with Gasteiger partial charge in [-0.25, -0.2) is 9.13 Å². The molecule has 0 spiro atoms. The van der Waals surface area contributed by atoms with Gasteiger partial charge < -0.3 is 43.1 Å². The normalized spacial score (nSPS) is 16.4. The number of phosphoric acid groups is 2. The Hall–Kier alpha value is -0.0200. The Morgan fingerprint density at radius 3 is 0.964 bits per heavy atom. The molecule has 0 aromatic heterocycles. The topological polar surface area (TPSA) is 178 Å². The molecule has 0 saturated heterocycles. The van der Waals surface area contributed by atoms with Crippen LogP contribution < -0.4 is 0 Å². The third-order valence-corrected chi connectivity index (χ3v) is 9.83.